The number of benzene rings is 8. The first kappa shape index (κ1) is 27.5. The highest BCUT2D eigenvalue weighted by Gasteiger charge is 2.27. The number of hydrogen-bond donors (Lipinski definition) is 0. The van der Waals surface area contributed by atoms with E-state index in [1.807, 2.05) is 0 Å². The maximum atomic E-state index is 5.68. The molecule has 8 aromatic carbocycles. The number of rotatable bonds is 3. The number of nitrogens with zero attached hydrogens (tertiary/aromatic N) is 4. The van der Waals surface area contributed by atoms with Crippen LogP contribution in [0.2, 0.25) is 0 Å². The van der Waals surface area contributed by atoms with E-state index in [-0.39, 0.29) is 0 Å². The molecule has 0 saturated heterocycles. The summed E-state index contributed by atoms with van der Waals surface area (Å²) in [5, 5.41) is 13.5. The molecule has 4 nitrogen and oxygen atoms in total. The highest BCUT2D eigenvalue weighted by atomic mass is 15.2. The van der Waals surface area contributed by atoms with E-state index in [1.54, 1.807) is 0 Å². The van der Waals surface area contributed by atoms with Crippen LogP contribution in [0.4, 0.5) is 17.1 Å². The Morgan fingerprint density at radius 2 is 0.906 bits per heavy atom. The van der Waals surface area contributed by atoms with Crippen LogP contribution in [0, 0.1) is 0 Å². The zero-order valence-corrected chi connectivity index (χ0v) is 28.5. The predicted octanol–water partition coefficient (Wildman–Crippen LogP) is 13.2. The fraction of sp³-hybridized carbons (Fsp3) is 0. The molecule has 0 fully saturated rings. The van der Waals surface area contributed by atoms with Gasteiger partial charge in [-0.1, -0.05) is 121 Å². The van der Waals surface area contributed by atoms with Crippen molar-refractivity contribution >= 4 is 115 Å². The lowest BCUT2D eigenvalue weighted by Gasteiger charge is -2.28. The summed E-state index contributed by atoms with van der Waals surface area (Å²) in [6.07, 6.45) is 0. The molecule has 0 aliphatic carbocycles. The third-order valence-corrected chi connectivity index (χ3v) is 11.7. The molecule has 4 heteroatoms. The molecule has 0 bridgehead atoms. The first-order valence-corrected chi connectivity index (χ1v) is 18.2. The Labute approximate surface area is 302 Å². The van der Waals surface area contributed by atoms with Gasteiger partial charge in [0.1, 0.15) is 5.65 Å². The molecule has 0 N–H and O–H groups in total. The Balaban J connectivity index is 1.24. The average molecular weight is 673 g/mol. The predicted molar refractivity (Wildman–Crippen MR) is 223 cm³/mol. The highest BCUT2D eigenvalue weighted by Crippen LogP contribution is 2.49. The van der Waals surface area contributed by atoms with Crippen LogP contribution in [0.3, 0.4) is 0 Å². The van der Waals surface area contributed by atoms with E-state index in [1.165, 1.54) is 81.3 Å². The normalized spacial score (nSPS) is 12.5. The molecule has 0 aliphatic heterocycles. The molecule has 0 unspecified atom stereocenters. The molecule has 0 amide bonds. The van der Waals surface area contributed by atoms with Gasteiger partial charge in [0.05, 0.1) is 38.8 Å². The molecular formula is C49H28N4. The van der Waals surface area contributed by atoms with Gasteiger partial charge in [-0.25, -0.2) is 4.98 Å². The molecule has 244 valence electrons. The molecule has 13 aromatic rings. The summed E-state index contributed by atoms with van der Waals surface area (Å²) in [4.78, 5) is 8.12. The van der Waals surface area contributed by atoms with Crippen molar-refractivity contribution in [3.8, 4) is 0 Å². The number of para-hydroxylation sites is 4. The van der Waals surface area contributed by atoms with Crippen molar-refractivity contribution in [1.29, 1.82) is 0 Å². The number of fused-ring (bicyclic) bond motifs is 14. The first-order chi connectivity index (χ1) is 26.3. The summed E-state index contributed by atoms with van der Waals surface area (Å²) in [6.45, 7) is 0. The quantitative estimate of drug-likeness (QED) is 0.187. The summed E-state index contributed by atoms with van der Waals surface area (Å²) in [5.41, 5.74) is 11.4. The second kappa shape index (κ2) is 9.78. The Kier molecular flexibility index (Phi) is 5.08. The molecular weight excluding hydrogens is 645 g/mol. The van der Waals surface area contributed by atoms with Crippen molar-refractivity contribution < 1.29 is 0 Å². The minimum atomic E-state index is 1.01. The second-order valence-corrected chi connectivity index (χ2v) is 14.4. The lowest BCUT2D eigenvalue weighted by atomic mass is 10.0. The van der Waals surface area contributed by atoms with Gasteiger partial charge in [-0.2, -0.15) is 0 Å². The fourth-order valence-corrected chi connectivity index (χ4v) is 9.50. The van der Waals surface area contributed by atoms with Gasteiger partial charge in [-0.05, 0) is 64.7 Å². The van der Waals surface area contributed by atoms with Crippen LogP contribution < -0.4 is 4.90 Å². The summed E-state index contributed by atoms with van der Waals surface area (Å²) < 4.78 is 4.93. The van der Waals surface area contributed by atoms with Crippen molar-refractivity contribution in [3.63, 3.8) is 0 Å². The van der Waals surface area contributed by atoms with Crippen LogP contribution in [0.1, 0.15) is 0 Å². The standard InChI is InChI=1S/C49H28N4/c1-3-16-32(17-4-1)51(33-18-5-2-6-19-33)47-34-20-10-9-15-31(34)26-40-36-22-12-24-38-44-43(52(46(36)38)48(40)47)28-41-37-23-11-21-35-39-25-29-13-7-8-14-30(29)27-42(39)53(45(35)37)49(41)50-44/h1-28H. The Bertz CT molecular complexity index is 3580. The Hall–Kier alpha value is -7.17. The van der Waals surface area contributed by atoms with Gasteiger partial charge >= 0.3 is 0 Å². The molecule has 53 heavy (non-hydrogen) atoms. The lowest BCUT2D eigenvalue weighted by molar-refractivity contribution is 1.27. The van der Waals surface area contributed by atoms with Gasteiger partial charge in [0.15, 0.2) is 0 Å². The number of aromatic nitrogens is 3. The topological polar surface area (TPSA) is 25.0 Å². The van der Waals surface area contributed by atoms with Gasteiger partial charge in [0, 0.05) is 54.5 Å². The van der Waals surface area contributed by atoms with Crippen molar-refractivity contribution in [2.75, 3.05) is 4.90 Å². The number of pyridine rings is 1. The van der Waals surface area contributed by atoms with Crippen molar-refractivity contribution in [3.05, 3.63) is 170 Å². The van der Waals surface area contributed by atoms with Crippen molar-refractivity contribution in [2.24, 2.45) is 0 Å². The van der Waals surface area contributed by atoms with E-state index in [0.717, 1.165) is 33.7 Å². The van der Waals surface area contributed by atoms with Gasteiger partial charge in [0.2, 0.25) is 0 Å². The number of hydrogen-bond acceptors (Lipinski definition) is 2. The zero-order chi connectivity index (χ0) is 34.4. The Morgan fingerprint density at radius 1 is 0.358 bits per heavy atom. The lowest BCUT2D eigenvalue weighted by Crippen LogP contribution is -2.11. The summed E-state index contributed by atoms with van der Waals surface area (Å²) in [6, 6.07) is 62.0. The van der Waals surface area contributed by atoms with Gasteiger partial charge in [-0.15, -0.1) is 0 Å². The largest absolute Gasteiger partial charge is 0.308 e. The molecule has 0 spiro atoms. The first-order valence-electron chi connectivity index (χ1n) is 18.2. The third kappa shape index (κ3) is 3.43. The minimum Gasteiger partial charge on any atom is -0.308 e. The summed E-state index contributed by atoms with van der Waals surface area (Å²) >= 11 is 0. The molecule has 0 radical (unpaired) electrons. The van der Waals surface area contributed by atoms with Crippen LogP contribution >= 0.6 is 0 Å². The van der Waals surface area contributed by atoms with E-state index in [0.29, 0.717) is 0 Å². The fourth-order valence-electron chi connectivity index (χ4n) is 9.50. The average Bonchev–Trinajstić information content (AvgIpc) is 3.93. The van der Waals surface area contributed by atoms with Crippen LogP contribution in [0.5, 0.6) is 0 Å². The van der Waals surface area contributed by atoms with Crippen LogP contribution in [0.15, 0.2) is 170 Å². The molecule has 0 atom stereocenters. The van der Waals surface area contributed by atoms with Gasteiger partial charge in [0.25, 0.3) is 0 Å². The third-order valence-electron chi connectivity index (χ3n) is 11.7. The van der Waals surface area contributed by atoms with Crippen molar-refractivity contribution in [2.45, 2.75) is 0 Å². The number of anilines is 3. The van der Waals surface area contributed by atoms with Gasteiger partial charge < -0.3 is 9.30 Å². The smallest absolute Gasteiger partial charge is 0.146 e. The molecule has 0 saturated carbocycles. The van der Waals surface area contributed by atoms with Gasteiger partial charge in [-0.3, -0.25) is 4.40 Å². The molecule has 0 aliphatic rings. The van der Waals surface area contributed by atoms with E-state index in [4.69, 9.17) is 4.98 Å². The SMILES string of the molecule is c1ccc(N(c2ccccc2)c2c3ccccc3cc3c4cccc5c6nc7c(cc6n(c23)c45)c2cccc3c4cc5ccccc5cc4n7c32)cc1. The maximum absolute atomic E-state index is 5.68. The summed E-state index contributed by atoms with van der Waals surface area (Å²) in [5.74, 6) is 0. The zero-order valence-electron chi connectivity index (χ0n) is 28.5. The molecule has 13 rings (SSSR count). The van der Waals surface area contributed by atoms with E-state index in [9.17, 15) is 0 Å². The van der Waals surface area contributed by atoms with Crippen LogP contribution in [-0.2, 0) is 0 Å². The summed E-state index contributed by atoms with van der Waals surface area (Å²) in [7, 11) is 0. The second-order valence-electron chi connectivity index (χ2n) is 14.4. The minimum absolute atomic E-state index is 1.01. The molecule has 5 heterocycles. The van der Waals surface area contributed by atoms with Crippen LogP contribution in [-0.4, -0.2) is 13.8 Å². The molecule has 5 aromatic heterocycles. The monoisotopic (exact) mass is 672 g/mol. The Morgan fingerprint density at radius 3 is 1.64 bits per heavy atom. The van der Waals surface area contributed by atoms with Crippen molar-refractivity contribution in [1.82, 2.24) is 13.8 Å². The van der Waals surface area contributed by atoms with Crippen LogP contribution in [0.25, 0.3) is 98.0 Å². The van der Waals surface area contributed by atoms with E-state index >= 15 is 0 Å². The van der Waals surface area contributed by atoms with E-state index in [2.05, 4.69) is 184 Å². The maximum Gasteiger partial charge on any atom is 0.146 e. The van der Waals surface area contributed by atoms with E-state index < -0.39 is 0 Å². The highest BCUT2D eigenvalue weighted by molar-refractivity contribution is 6.30.